The molecule has 2 nitrogen and oxygen atoms in total. The van der Waals surface area contributed by atoms with E-state index in [4.69, 9.17) is 9.47 Å². The van der Waals surface area contributed by atoms with Gasteiger partial charge in [-0.1, -0.05) is 15.9 Å². The summed E-state index contributed by atoms with van der Waals surface area (Å²) < 4.78 is 12.1. The molecule has 2 atom stereocenters. The summed E-state index contributed by atoms with van der Waals surface area (Å²) in [5.74, 6) is 1.94. The van der Waals surface area contributed by atoms with Crippen LogP contribution in [0.25, 0.3) is 0 Å². The minimum atomic E-state index is 0.373. The average Bonchev–Trinajstić information content (AvgIpc) is 2.72. The fourth-order valence-corrected chi connectivity index (χ4v) is 3.63. The van der Waals surface area contributed by atoms with E-state index in [2.05, 4.69) is 28.9 Å². The van der Waals surface area contributed by atoms with Crippen molar-refractivity contribution in [1.29, 1.82) is 0 Å². The molecule has 0 radical (unpaired) electrons. The van der Waals surface area contributed by atoms with Crippen LogP contribution in [0.3, 0.4) is 0 Å². The Morgan fingerprint density at radius 1 is 1.53 bits per heavy atom. The predicted molar refractivity (Wildman–Crippen MR) is 75.8 cm³/mol. The molecule has 1 aromatic carbocycles. The highest BCUT2D eigenvalue weighted by atomic mass is 79.9. The van der Waals surface area contributed by atoms with E-state index >= 15 is 0 Å². The van der Waals surface area contributed by atoms with Crippen LogP contribution in [-0.2, 0) is 10.5 Å². The molecule has 4 heteroatoms. The zero-order chi connectivity index (χ0) is 12.3. The quantitative estimate of drug-likeness (QED) is 0.840. The largest absolute Gasteiger partial charge is 0.496 e. The number of halogens is 1. The van der Waals surface area contributed by atoms with Crippen LogP contribution in [0.4, 0.5) is 0 Å². The van der Waals surface area contributed by atoms with Gasteiger partial charge < -0.3 is 9.47 Å². The van der Waals surface area contributed by atoms with Crippen LogP contribution < -0.4 is 4.74 Å². The van der Waals surface area contributed by atoms with Crippen molar-refractivity contribution in [2.24, 2.45) is 0 Å². The molecule has 0 N–H and O–H groups in total. The first-order chi connectivity index (χ1) is 8.20. The summed E-state index contributed by atoms with van der Waals surface area (Å²) in [5.41, 5.74) is 1.24. The molecule has 1 aliphatic rings. The van der Waals surface area contributed by atoms with Gasteiger partial charge in [-0.3, -0.25) is 0 Å². The lowest BCUT2D eigenvalue weighted by Crippen LogP contribution is -2.13. The molecule has 0 aromatic heterocycles. The van der Waals surface area contributed by atoms with Gasteiger partial charge in [0.1, 0.15) is 5.75 Å². The van der Waals surface area contributed by atoms with Crippen molar-refractivity contribution < 1.29 is 9.47 Å². The van der Waals surface area contributed by atoms with Crippen LogP contribution in [0, 0.1) is 0 Å². The molecule has 1 aliphatic heterocycles. The molecule has 0 amide bonds. The lowest BCUT2D eigenvalue weighted by atomic mass is 10.2. The van der Waals surface area contributed by atoms with Gasteiger partial charge in [-0.15, -0.1) is 0 Å². The average molecular weight is 317 g/mol. The summed E-state index contributed by atoms with van der Waals surface area (Å²) in [6.45, 7) is 3.05. The second-order valence-electron chi connectivity index (χ2n) is 4.17. The zero-order valence-corrected chi connectivity index (χ0v) is 12.5. The van der Waals surface area contributed by atoms with Crippen LogP contribution in [0.15, 0.2) is 22.7 Å². The Morgan fingerprint density at radius 2 is 2.35 bits per heavy atom. The molecule has 2 rings (SSSR count). The van der Waals surface area contributed by atoms with Gasteiger partial charge in [-0.25, -0.2) is 0 Å². The van der Waals surface area contributed by atoms with E-state index in [1.165, 1.54) is 5.56 Å². The Balaban J connectivity index is 2.00. The highest BCUT2D eigenvalue weighted by Gasteiger charge is 2.24. The van der Waals surface area contributed by atoms with Crippen LogP contribution >= 0.6 is 27.7 Å². The van der Waals surface area contributed by atoms with Crippen molar-refractivity contribution in [2.45, 2.75) is 30.5 Å². The molecule has 0 spiro atoms. The Hall–Kier alpha value is -0.190. The first kappa shape index (κ1) is 13.2. The normalized spacial score (nSPS) is 23.9. The highest BCUT2D eigenvalue weighted by Crippen LogP contribution is 2.32. The molecule has 94 valence electrons. The maximum atomic E-state index is 5.57. The minimum Gasteiger partial charge on any atom is -0.496 e. The number of thioether (sulfide) groups is 1. The lowest BCUT2D eigenvalue weighted by Gasteiger charge is -2.15. The first-order valence-electron chi connectivity index (χ1n) is 5.76. The van der Waals surface area contributed by atoms with Crippen molar-refractivity contribution >= 4 is 27.7 Å². The Kier molecular flexibility index (Phi) is 4.77. The molecule has 0 bridgehead atoms. The van der Waals surface area contributed by atoms with E-state index in [-0.39, 0.29) is 0 Å². The summed E-state index contributed by atoms with van der Waals surface area (Å²) in [6.07, 6.45) is 1.53. The molecule has 1 saturated heterocycles. The molecule has 0 aliphatic carbocycles. The monoisotopic (exact) mass is 316 g/mol. The van der Waals surface area contributed by atoms with E-state index in [1.807, 2.05) is 23.9 Å². The third kappa shape index (κ3) is 3.39. The standard InChI is InChI=1S/C13H17BrO2S/c1-9-13(5-6-16-9)17-8-10-7-11(14)3-4-12(10)15-2/h3-4,7,9,13H,5-6,8H2,1-2H3. The van der Waals surface area contributed by atoms with Crippen LogP contribution in [0.1, 0.15) is 18.9 Å². The van der Waals surface area contributed by atoms with Crippen molar-refractivity contribution in [2.75, 3.05) is 13.7 Å². The summed E-state index contributed by atoms with van der Waals surface area (Å²) in [6, 6.07) is 6.15. The van der Waals surface area contributed by atoms with Crippen LogP contribution in [-0.4, -0.2) is 25.1 Å². The fourth-order valence-electron chi connectivity index (χ4n) is 1.99. The molecular formula is C13H17BrO2S. The van der Waals surface area contributed by atoms with Crippen molar-refractivity contribution in [3.8, 4) is 5.75 Å². The van der Waals surface area contributed by atoms with E-state index in [9.17, 15) is 0 Å². The molecule has 1 fully saturated rings. The molecule has 17 heavy (non-hydrogen) atoms. The van der Waals surface area contributed by atoms with Gasteiger partial charge in [0.25, 0.3) is 0 Å². The second-order valence-corrected chi connectivity index (χ2v) is 6.31. The minimum absolute atomic E-state index is 0.373. The summed E-state index contributed by atoms with van der Waals surface area (Å²) >= 11 is 5.46. The Morgan fingerprint density at radius 3 is 3.00 bits per heavy atom. The van der Waals surface area contributed by atoms with Gasteiger partial charge in [0.2, 0.25) is 0 Å². The molecule has 0 saturated carbocycles. The number of ether oxygens (including phenoxy) is 2. The smallest absolute Gasteiger partial charge is 0.122 e. The molecular weight excluding hydrogens is 300 g/mol. The van der Waals surface area contributed by atoms with Crippen LogP contribution in [0.5, 0.6) is 5.75 Å². The van der Waals surface area contributed by atoms with Gasteiger partial charge in [-0.2, -0.15) is 11.8 Å². The van der Waals surface area contributed by atoms with Crippen molar-refractivity contribution in [3.63, 3.8) is 0 Å². The van der Waals surface area contributed by atoms with E-state index in [1.54, 1.807) is 7.11 Å². The topological polar surface area (TPSA) is 18.5 Å². The van der Waals surface area contributed by atoms with Crippen LogP contribution in [0.2, 0.25) is 0 Å². The van der Waals surface area contributed by atoms with Crippen molar-refractivity contribution in [1.82, 2.24) is 0 Å². The third-order valence-electron chi connectivity index (χ3n) is 3.00. The maximum Gasteiger partial charge on any atom is 0.122 e. The maximum absolute atomic E-state index is 5.57. The lowest BCUT2D eigenvalue weighted by molar-refractivity contribution is 0.127. The zero-order valence-electron chi connectivity index (χ0n) is 10.1. The van der Waals surface area contributed by atoms with E-state index in [0.717, 1.165) is 29.0 Å². The SMILES string of the molecule is COc1ccc(Br)cc1CSC1CCOC1C. The Labute approximate surface area is 115 Å². The number of hydrogen-bond donors (Lipinski definition) is 0. The highest BCUT2D eigenvalue weighted by molar-refractivity contribution is 9.10. The van der Waals surface area contributed by atoms with Gasteiger partial charge in [0.05, 0.1) is 13.2 Å². The number of methoxy groups -OCH3 is 1. The summed E-state index contributed by atoms with van der Waals surface area (Å²) in [5, 5.41) is 0.610. The van der Waals surface area contributed by atoms with Gasteiger partial charge in [-0.05, 0) is 31.5 Å². The second kappa shape index (κ2) is 6.12. The van der Waals surface area contributed by atoms with Gasteiger partial charge >= 0.3 is 0 Å². The van der Waals surface area contributed by atoms with E-state index in [0.29, 0.717) is 11.4 Å². The molecule has 1 aromatic rings. The molecule has 1 heterocycles. The van der Waals surface area contributed by atoms with E-state index < -0.39 is 0 Å². The van der Waals surface area contributed by atoms with Gasteiger partial charge in [0.15, 0.2) is 0 Å². The Bertz CT molecular complexity index is 384. The number of rotatable bonds is 4. The summed E-state index contributed by atoms with van der Waals surface area (Å²) in [7, 11) is 1.72. The number of hydrogen-bond acceptors (Lipinski definition) is 3. The third-order valence-corrected chi connectivity index (χ3v) is 5.02. The summed E-state index contributed by atoms with van der Waals surface area (Å²) in [4.78, 5) is 0. The number of benzene rings is 1. The predicted octanol–water partition coefficient (Wildman–Crippen LogP) is 3.87. The first-order valence-corrected chi connectivity index (χ1v) is 7.60. The molecule has 2 unspecified atom stereocenters. The fraction of sp³-hybridized carbons (Fsp3) is 0.538. The van der Waals surface area contributed by atoms with Gasteiger partial charge in [0, 0.05) is 27.6 Å². The van der Waals surface area contributed by atoms with Crippen molar-refractivity contribution in [3.05, 3.63) is 28.2 Å².